The molecule has 4 rings (SSSR count). The summed E-state index contributed by atoms with van der Waals surface area (Å²) in [5.74, 6) is -3.63. The van der Waals surface area contributed by atoms with Crippen LogP contribution >= 0.6 is 11.3 Å². The molecular weight excluding hydrogens is 366 g/mol. The molecule has 1 heterocycles. The fraction of sp³-hybridized carbons (Fsp3) is 0.550. The highest BCUT2D eigenvalue weighted by atomic mass is 32.1. The first kappa shape index (κ1) is 18.2. The molecule has 1 fully saturated rings. The van der Waals surface area contributed by atoms with Gasteiger partial charge in [0.25, 0.3) is 0 Å². The van der Waals surface area contributed by atoms with Crippen molar-refractivity contribution in [2.45, 2.75) is 39.0 Å². The predicted octanol–water partition coefficient (Wildman–Crippen LogP) is 1.93. The van der Waals surface area contributed by atoms with Gasteiger partial charge in [-0.15, -0.1) is 11.3 Å². The second-order valence-electron chi connectivity index (χ2n) is 7.44. The Morgan fingerprint density at radius 1 is 1.19 bits per heavy atom. The number of hydrogen-bond donors (Lipinski definition) is 1. The van der Waals surface area contributed by atoms with Crippen molar-refractivity contribution in [2.24, 2.45) is 23.7 Å². The number of amides is 1. The number of allylic oxidation sites excluding steroid dienone is 2. The number of carbonyl (C=O) groups is 3. The number of hydrogen-bond acceptors (Lipinski definition) is 6. The summed E-state index contributed by atoms with van der Waals surface area (Å²) in [6.45, 7) is 2.02. The lowest BCUT2D eigenvalue weighted by Crippen LogP contribution is -2.42. The average Bonchev–Trinajstić information content (AvgIpc) is 3.33. The Kier molecular flexibility index (Phi) is 4.80. The van der Waals surface area contributed by atoms with E-state index in [1.54, 1.807) is 6.92 Å². The Hall–Kier alpha value is -2.15. The molecule has 1 saturated carbocycles. The number of aliphatic carboxylic acids is 1. The minimum absolute atomic E-state index is 0.0847. The van der Waals surface area contributed by atoms with Crippen LogP contribution in [0.25, 0.3) is 0 Å². The maximum atomic E-state index is 13.0. The van der Waals surface area contributed by atoms with E-state index >= 15 is 0 Å². The van der Waals surface area contributed by atoms with Crippen LogP contribution in [0.3, 0.4) is 0 Å². The number of carboxylic acids is 1. The van der Waals surface area contributed by atoms with E-state index in [4.69, 9.17) is 4.74 Å². The van der Waals surface area contributed by atoms with Gasteiger partial charge >= 0.3 is 5.97 Å². The summed E-state index contributed by atoms with van der Waals surface area (Å²) in [4.78, 5) is 38.2. The third-order valence-corrected chi connectivity index (χ3v) is 7.13. The van der Waals surface area contributed by atoms with Gasteiger partial charge in [0.2, 0.25) is 5.91 Å². The van der Waals surface area contributed by atoms with Gasteiger partial charge in [-0.2, -0.15) is 0 Å². The van der Waals surface area contributed by atoms with Crippen molar-refractivity contribution < 1.29 is 24.2 Å². The van der Waals surface area contributed by atoms with E-state index in [9.17, 15) is 19.5 Å². The van der Waals surface area contributed by atoms with Gasteiger partial charge in [-0.1, -0.05) is 12.2 Å². The second kappa shape index (κ2) is 7.11. The third kappa shape index (κ3) is 3.08. The number of thiophene rings is 1. The maximum absolute atomic E-state index is 13.0. The minimum Gasteiger partial charge on any atom is -0.550 e. The summed E-state index contributed by atoms with van der Waals surface area (Å²) in [7, 11) is 0. The Morgan fingerprint density at radius 3 is 2.59 bits per heavy atom. The molecular formula is C20H22NO5S-. The van der Waals surface area contributed by atoms with Crippen molar-refractivity contribution in [1.29, 1.82) is 0 Å². The average molecular weight is 388 g/mol. The molecule has 0 aromatic carbocycles. The summed E-state index contributed by atoms with van der Waals surface area (Å²) in [6.07, 6.45) is 8.24. The van der Waals surface area contributed by atoms with Crippen LogP contribution in [-0.2, 0) is 27.2 Å². The van der Waals surface area contributed by atoms with Gasteiger partial charge in [0, 0.05) is 16.8 Å². The molecule has 2 bridgehead atoms. The largest absolute Gasteiger partial charge is 0.550 e. The molecule has 144 valence electrons. The van der Waals surface area contributed by atoms with Crippen LogP contribution in [0, 0.1) is 23.7 Å². The molecule has 4 atom stereocenters. The first-order valence-corrected chi connectivity index (χ1v) is 10.3. The first-order valence-electron chi connectivity index (χ1n) is 9.53. The van der Waals surface area contributed by atoms with E-state index in [1.807, 2.05) is 12.2 Å². The summed E-state index contributed by atoms with van der Waals surface area (Å²) in [6, 6.07) is 0. The Balaban J connectivity index is 1.63. The number of esters is 1. The van der Waals surface area contributed by atoms with E-state index in [1.165, 1.54) is 11.3 Å². The lowest BCUT2D eigenvalue weighted by Gasteiger charge is -2.27. The van der Waals surface area contributed by atoms with Crippen LogP contribution in [0.5, 0.6) is 0 Å². The molecule has 1 amide bonds. The van der Waals surface area contributed by atoms with E-state index in [0.29, 0.717) is 17.0 Å². The van der Waals surface area contributed by atoms with Gasteiger partial charge in [-0.25, -0.2) is 4.79 Å². The summed E-state index contributed by atoms with van der Waals surface area (Å²) in [5.41, 5.74) is 1.43. The lowest BCUT2D eigenvalue weighted by molar-refractivity contribution is -0.313. The van der Waals surface area contributed by atoms with Crippen LogP contribution in [0.4, 0.5) is 5.00 Å². The van der Waals surface area contributed by atoms with Gasteiger partial charge in [0.15, 0.2) is 0 Å². The summed E-state index contributed by atoms with van der Waals surface area (Å²) < 4.78 is 5.21. The molecule has 0 aliphatic heterocycles. The van der Waals surface area contributed by atoms with E-state index < -0.39 is 23.8 Å². The molecule has 1 aromatic heterocycles. The van der Waals surface area contributed by atoms with Crippen molar-refractivity contribution in [3.8, 4) is 0 Å². The lowest BCUT2D eigenvalue weighted by atomic mass is 9.82. The quantitative estimate of drug-likeness (QED) is 0.614. The van der Waals surface area contributed by atoms with Gasteiger partial charge in [-0.05, 0) is 56.4 Å². The summed E-state index contributed by atoms with van der Waals surface area (Å²) >= 11 is 1.42. The van der Waals surface area contributed by atoms with Crippen molar-refractivity contribution >= 4 is 34.2 Å². The molecule has 7 heteroatoms. The van der Waals surface area contributed by atoms with E-state index in [-0.39, 0.29) is 24.3 Å². The normalized spacial score (nSPS) is 28.0. The Morgan fingerprint density at radius 2 is 1.89 bits per heavy atom. The van der Waals surface area contributed by atoms with E-state index in [2.05, 4.69) is 5.32 Å². The van der Waals surface area contributed by atoms with E-state index in [0.717, 1.165) is 36.1 Å². The summed E-state index contributed by atoms with van der Waals surface area (Å²) in [5, 5.41) is 14.9. The number of carboxylic acid groups (broad SMARTS) is 1. The number of fused-ring (bicyclic) bond motifs is 3. The van der Waals surface area contributed by atoms with Crippen LogP contribution in [-0.4, -0.2) is 24.5 Å². The molecule has 0 saturated heterocycles. The van der Waals surface area contributed by atoms with Crippen molar-refractivity contribution in [2.75, 3.05) is 11.9 Å². The number of rotatable bonds is 5. The Bertz CT molecular complexity index is 827. The topological polar surface area (TPSA) is 95.5 Å². The van der Waals surface area contributed by atoms with Crippen LogP contribution < -0.4 is 10.4 Å². The molecule has 0 spiro atoms. The van der Waals surface area contributed by atoms with Crippen LogP contribution in [0.1, 0.15) is 47.0 Å². The molecule has 27 heavy (non-hydrogen) atoms. The molecule has 0 unspecified atom stereocenters. The highest BCUT2D eigenvalue weighted by molar-refractivity contribution is 7.17. The fourth-order valence-corrected chi connectivity index (χ4v) is 6.05. The molecule has 3 aliphatic carbocycles. The van der Waals surface area contributed by atoms with Crippen LogP contribution in [0.15, 0.2) is 12.2 Å². The molecule has 3 aliphatic rings. The van der Waals surface area contributed by atoms with Gasteiger partial charge < -0.3 is 20.0 Å². The fourth-order valence-electron chi connectivity index (χ4n) is 4.77. The molecule has 1 N–H and O–H groups in total. The minimum atomic E-state index is -1.18. The van der Waals surface area contributed by atoms with Crippen molar-refractivity contribution in [3.05, 3.63) is 28.2 Å². The molecule has 0 radical (unpaired) electrons. The zero-order valence-corrected chi connectivity index (χ0v) is 16.0. The predicted molar refractivity (Wildman–Crippen MR) is 98.3 cm³/mol. The SMILES string of the molecule is CCOC(=O)c1c(NC(=O)[C@@H]2[C@@H](C(=O)[O-])[C@@H]3C=C[C@@H]2C3)sc2c1CCCC2. The number of nitrogens with one attached hydrogen (secondary N) is 1. The molecule has 1 aromatic rings. The van der Waals surface area contributed by atoms with Crippen molar-refractivity contribution in [3.63, 3.8) is 0 Å². The zero-order chi connectivity index (χ0) is 19.1. The van der Waals surface area contributed by atoms with Gasteiger partial charge in [0.05, 0.1) is 18.1 Å². The zero-order valence-electron chi connectivity index (χ0n) is 15.2. The second-order valence-corrected chi connectivity index (χ2v) is 8.55. The monoisotopic (exact) mass is 388 g/mol. The number of aryl methyl sites for hydroxylation is 1. The number of carbonyl (C=O) groups excluding carboxylic acids is 3. The third-order valence-electron chi connectivity index (χ3n) is 5.92. The van der Waals surface area contributed by atoms with Gasteiger partial charge in [-0.3, -0.25) is 4.79 Å². The standard InChI is InChI=1S/C20H23NO5S/c1-2-26-20(25)16-12-5-3-4-6-13(12)27-18(16)21-17(22)14-10-7-8-11(9-10)15(14)19(23)24/h7-8,10-11,14-15H,2-6,9H2,1H3,(H,21,22)(H,23,24)/p-1/t10-,11-,14+,15+/m1/s1. The van der Waals surface area contributed by atoms with Gasteiger partial charge in [0.1, 0.15) is 5.00 Å². The highest BCUT2D eigenvalue weighted by Crippen LogP contribution is 2.48. The maximum Gasteiger partial charge on any atom is 0.341 e. The molecule has 6 nitrogen and oxygen atoms in total. The number of ether oxygens (including phenoxy) is 1. The van der Waals surface area contributed by atoms with Crippen LogP contribution in [0.2, 0.25) is 0 Å². The highest BCUT2D eigenvalue weighted by Gasteiger charge is 2.49. The first-order chi connectivity index (χ1) is 13.0. The Labute approximate surface area is 161 Å². The van der Waals surface area contributed by atoms with Crippen molar-refractivity contribution in [1.82, 2.24) is 0 Å². The smallest absolute Gasteiger partial charge is 0.341 e. The number of anilines is 1.